The molecule has 2 aromatic rings. The first-order valence-electron chi connectivity index (χ1n) is 7.87. The number of hydrogen-bond donors (Lipinski definition) is 2. The number of halogens is 3. The highest BCUT2D eigenvalue weighted by molar-refractivity contribution is 6.46. The zero-order valence-electron chi connectivity index (χ0n) is 14.3. The third-order valence-corrected chi connectivity index (χ3v) is 4.82. The van der Waals surface area contributed by atoms with Gasteiger partial charge in [-0.05, 0) is 31.5 Å². The molecular formula is C17H18Cl3N5O. The van der Waals surface area contributed by atoms with Crippen molar-refractivity contribution in [1.29, 1.82) is 0 Å². The van der Waals surface area contributed by atoms with E-state index < -0.39 is 5.91 Å². The molecule has 2 rings (SSSR count). The normalized spacial score (nSPS) is 11.0. The first-order chi connectivity index (χ1) is 12.4. The highest BCUT2D eigenvalue weighted by atomic mass is 35.5. The van der Waals surface area contributed by atoms with Gasteiger partial charge in [0.25, 0.3) is 5.91 Å². The van der Waals surface area contributed by atoms with E-state index in [1.807, 2.05) is 24.3 Å². The minimum absolute atomic E-state index is 0.00464. The van der Waals surface area contributed by atoms with Crippen molar-refractivity contribution in [1.82, 2.24) is 10.4 Å². The second-order valence-electron chi connectivity index (χ2n) is 5.26. The van der Waals surface area contributed by atoms with Crippen LogP contribution in [0.15, 0.2) is 29.4 Å². The van der Waals surface area contributed by atoms with Crippen molar-refractivity contribution < 1.29 is 4.79 Å². The van der Waals surface area contributed by atoms with Crippen molar-refractivity contribution in [3.05, 3.63) is 50.7 Å². The molecule has 0 fully saturated rings. The lowest BCUT2D eigenvalue weighted by Gasteiger charge is -2.20. The van der Waals surface area contributed by atoms with E-state index in [0.29, 0.717) is 0 Å². The van der Waals surface area contributed by atoms with E-state index in [0.717, 1.165) is 24.3 Å². The number of nitrogen functional groups attached to an aromatic ring is 1. The molecule has 3 N–H and O–H groups in total. The summed E-state index contributed by atoms with van der Waals surface area (Å²) in [5.74, 6) is -0.642. The minimum Gasteiger partial charge on any atom is -0.396 e. The van der Waals surface area contributed by atoms with Gasteiger partial charge in [-0.25, -0.2) is 10.4 Å². The molecule has 0 saturated carbocycles. The fourth-order valence-corrected chi connectivity index (χ4v) is 2.85. The number of nitrogens with two attached hydrogens (primary N) is 1. The molecule has 0 spiro atoms. The standard InChI is InChI=1S/C17H18Cl3N5O/c1-3-25(4-2)11-7-5-10(6-8-11)9-22-24-17(26)15-12(18)14(21)13(19)16(20)23-15/h5-9H,3-4H2,1-2H3,(H2,21,23)(H,24,26). The van der Waals surface area contributed by atoms with Crippen LogP contribution in [0.25, 0.3) is 0 Å². The lowest BCUT2D eigenvalue weighted by atomic mass is 10.2. The molecular weight excluding hydrogens is 397 g/mol. The van der Waals surface area contributed by atoms with Crippen LogP contribution in [0.5, 0.6) is 0 Å². The van der Waals surface area contributed by atoms with Crippen LogP contribution >= 0.6 is 34.8 Å². The quantitative estimate of drug-likeness (QED) is 0.421. The fraction of sp³-hybridized carbons (Fsp3) is 0.235. The number of aromatic nitrogens is 1. The van der Waals surface area contributed by atoms with Gasteiger partial charge < -0.3 is 10.6 Å². The summed E-state index contributed by atoms with van der Waals surface area (Å²) in [6, 6.07) is 7.81. The zero-order valence-corrected chi connectivity index (χ0v) is 16.5. The number of pyridine rings is 1. The highest BCUT2D eigenvalue weighted by Gasteiger charge is 2.19. The highest BCUT2D eigenvalue weighted by Crippen LogP contribution is 2.34. The number of rotatable bonds is 6. The van der Waals surface area contributed by atoms with Crippen molar-refractivity contribution >= 4 is 58.3 Å². The zero-order chi connectivity index (χ0) is 19.3. The Kier molecular flexibility index (Phi) is 7.08. The largest absolute Gasteiger partial charge is 0.396 e. The van der Waals surface area contributed by atoms with Crippen molar-refractivity contribution in [2.75, 3.05) is 23.7 Å². The first-order valence-corrected chi connectivity index (χ1v) is 9.00. The van der Waals surface area contributed by atoms with Gasteiger partial charge in [0.15, 0.2) is 10.8 Å². The van der Waals surface area contributed by atoms with E-state index >= 15 is 0 Å². The SMILES string of the molecule is CCN(CC)c1ccc(C=NNC(=O)c2nc(Cl)c(Cl)c(N)c2Cl)cc1. The van der Waals surface area contributed by atoms with Crippen LogP contribution in [-0.2, 0) is 0 Å². The number of hydrazone groups is 1. The van der Waals surface area contributed by atoms with Gasteiger partial charge in [0.05, 0.1) is 16.9 Å². The van der Waals surface area contributed by atoms with Gasteiger partial charge in [-0.15, -0.1) is 0 Å². The second kappa shape index (κ2) is 9.07. The van der Waals surface area contributed by atoms with Gasteiger partial charge in [-0.3, -0.25) is 4.79 Å². The summed E-state index contributed by atoms with van der Waals surface area (Å²) in [6.07, 6.45) is 1.51. The van der Waals surface area contributed by atoms with Crippen LogP contribution < -0.4 is 16.1 Å². The maximum atomic E-state index is 12.2. The number of hydrogen-bond acceptors (Lipinski definition) is 5. The third kappa shape index (κ3) is 4.58. The minimum atomic E-state index is -0.642. The van der Waals surface area contributed by atoms with E-state index in [2.05, 4.69) is 34.3 Å². The molecule has 0 aliphatic heterocycles. The Labute approximate surface area is 166 Å². The van der Waals surface area contributed by atoms with E-state index in [1.54, 1.807) is 0 Å². The molecule has 1 aromatic carbocycles. The van der Waals surface area contributed by atoms with Gasteiger partial charge in [0.1, 0.15) is 5.02 Å². The number of benzene rings is 1. The second-order valence-corrected chi connectivity index (χ2v) is 6.37. The summed E-state index contributed by atoms with van der Waals surface area (Å²) < 4.78 is 0. The Morgan fingerprint density at radius 3 is 2.38 bits per heavy atom. The molecule has 0 bridgehead atoms. The van der Waals surface area contributed by atoms with Gasteiger partial charge in [-0.1, -0.05) is 46.9 Å². The Bertz CT molecular complexity index is 820. The summed E-state index contributed by atoms with van der Waals surface area (Å²) in [4.78, 5) is 18.2. The van der Waals surface area contributed by atoms with E-state index in [-0.39, 0.29) is 26.6 Å². The van der Waals surface area contributed by atoms with Crippen LogP contribution in [0.2, 0.25) is 15.2 Å². The number of anilines is 2. The predicted octanol–water partition coefficient (Wildman–Crippen LogP) is 4.23. The van der Waals surface area contributed by atoms with Gasteiger partial charge >= 0.3 is 0 Å². The summed E-state index contributed by atoms with van der Waals surface area (Å²) in [5, 5.41) is 3.73. The third-order valence-electron chi connectivity index (χ3n) is 3.69. The van der Waals surface area contributed by atoms with Crippen LogP contribution in [0.1, 0.15) is 29.9 Å². The number of carbonyl (C=O) groups excluding carboxylic acids is 1. The fourth-order valence-electron chi connectivity index (χ4n) is 2.26. The van der Waals surface area contributed by atoms with Crippen LogP contribution in [0, 0.1) is 0 Å². The molecule has 138 valence electrons. The predicted molar refractivity (Wildman–Crippen MR) is 109 cm³/mol. The molecule has 9 heteroatoms. The first kappa shape index (κ1) is 20.3. The lowest BCUT2D eigenvalue weighted by Crippen LogP contribution is -2.21. The van der Waals surface area contributed by atoms with Crippen molar-refractivity contribution in [3.63, 3.8) is 0 Å². The van der Waals surface area contributed by atoms with Gasteiger partial charge in [0, 0.05) is 18.8 Å². The number of nitrogens with one attached hydrogen (secondary N) is 1. The molecule has 1 heterocycles. The molecule has 0 aliphatic carbocycles. The Morgan fingerprint density at radius 2 is 1.81 bits per heavy atom. The van der Waals surface area contributed by atoms with Crippen molar-refractivity contribution in [2.24, 2.45) is 5.10 Å². The van der Waals surface area contributed by atoms with E-state index in [1.165, 1.54) is 6.21 Å². The maximum Gasteiger partial charge on any atom is 0.291 e. The molecule has 26 heavy (non-hydrogen) atoms. The lowest BCUT2D eigenvalue weighted by molar-refractivity contribution is 0.0950. The summed E-state index contributed by atoms with van der Waals surface area (Å²) in [6.45, 7) is 6.06. The number of nitrogens with zero attached hydrogens (tertiary/aromatic N) is 3. The molecule has 1 aromatic heterocycles. The number of carbonyl (C=O) groups is 1. The van der Waals surface area contributed by atoms with Crippen molar-refractivity contribution in [3.8, 4) is 0 Å². The summed E-state index contributed by atoms with van der Waals surface area (Å²) >= 11 is 17.6. The summed E-state index contributed by atoms with van der Waals surface area (Å²) in [7, 11) is 0. The Morgan fingerprint density at radius 1 is 1.19 bits per heavy atom. The molecule has 0 unspecified atom stereocenters. The molecule has 1 amide bonds. The Balaban J connectivity index is 2.08. The van der Waals surface area contributed by atoms with Gasteiger partial charge in [0.2, 0.25) is 0 Å². The average Bonchev–Trinajstić information content (AvgIpc) is 2.65. The number of amides is 1. The molecule has 0 saturated heterocycles. The molecule has 0 aliphatic rings. The summed E-state index contributed by atoms with van der Waals surface area (Å²) in [5.41, 5.74) is 9.83. The topological polar surface area (TPSA) is 83.6 Å². The average molecular weight is 415 g/mol. The smallest absolute Gasteiger partial charge is 0.291 e. The molecule has 0 atom stereocenters. The van der Waals surface area contributed by atoms with E-state index in [9.17, 15) is 4.79 Å². The maximum absolute atomic E-state index is 12.2. The monoisotopic (exact) mass is 413 g/mol. The molecule has 6 nitrogen and oxygen atoms in total. The van der Waals surface area contributed by atoms with Gasteiger partial charge in [-0.2, -0.15) is 5.10 Å². The van der Waals surface area contributed by atoms with Crippen molar-refractivity contribution in [2.45, 2.75) is 13.8 Å². The van der Waals surface area contributed by atoms with Crippen LogP contribution in [0.3, 0.4) is 0 Å². The van der Waals surface area contributed by atoms with Crippen LogP contribution in [-0.4, -0.2) is 30.2 Å². The Hall–Kier alpha value is -2.02. The molecule has 0 radical (unpaired) electrons. The van der Waals surface area contributed by atoms with E-state index in [4.69, 9.17) is 40.5 Å². The van der Waals surface area contributed by atoms with Crippen LogP contribution in [0.4, 0.5) is 11.4 Å².